The molecule has 0 saturated carbocycles. The molecule has 3 aromatic heterocycles. The second kappa shape index (κ2) is 8.98. The number of aliphatic hydroxyl groups is 1. The summed E-state index contributed by atoms with van der Waals surface area (Å²) in [5.41, 5.74) is 6.84. The Kier molecular flexibility index (Phi) is 6.42. The summed E-state index contributed by atoms with van der Waals surface area (Å²) in [5, 5.41) is 12.7. The highest BCUT2D eigenvalue weighted by atomic mass is 19.3. The van der Waals surface area contributed by atoms with Gasteiger partial charge in [-0.25, -0.2) is 22.7 Å². The van der Waals surface area contributed by atoms with Crippen LogP contribution in [0.1, 0.15) is 18.4 Å². The second-order valence-corrected chi connectivity index (χ2v) is 6.31. The van der Waals surface area contributed by atoms with Crippen molar-refractivity contribution < 1.29 is 23.0 Å². The molecule has 1 unspecified atom stereocenters. The molecule has 3 N–H and O–H groups in total. The number of fused-ring (bicyclic) bond motifs is 1. The second-order valence-electron chi connectivity index (χ2n) is 6.31. The highest BCUT2D eigenvalue weighted by molar-refractivity contribution is 5.64. The van der Waals surface area contributed by atoms with Crippen molar-refractivity contribution in [3.05, 3.63) is 42.0 Å². The van der Waals surface area contributed by atoms with E-state index >= 15 is 0 Å². The molecule has 0 aromatic carbocycles. The molecule has 4 rings (SSSR count). The summed E-state index contributed by atoms with van der Waals surface area (Å²) < 4.78 is 44.6. The summed E-state index contributed by atoms with van der Waals surface area (Å²) in [6, 6.07) is 4.31. The van der Waals surface area contributed by atoms with E-state index in [1.165, 1.54) is 35.1 Å². The topological polar surface area (TPSA) is 98.6 Å². The van der Waals surface area contributed by atoms with Crippen LogP contribution in [0.3, 0.4) is 0 Å². The Balaban J connectivity index is 0.000000271. The first kappa shape index (κ1) is 20.0. The Bertz CT molecular complexity index is 911. The molecule has 1 aliphatic rings. The van der Waals surface area contributed by atoms with E-state index in [0.717, 1.165) is 19.4 Å². The van der Waals surface area contributed by atoms with Gasteiger partial charge < -0.3 is 15.6 Å². The molecule has 0 amide bonds. The maximum Gasteiger partial charge on any atom is 0.242 e. The van der Waals surface area contributed by atoms with E-state index in [4.69, 9.17) is 15.6 Å². The van der Waals surface area contributed by atoms with Crippen molar-refractivity contribution in [1.29, 1.82) is 0 Å². The molecule has 150 valence electrons. The zero-order valence-electron chi connectivity index (χ0n) is 14.9. The number of hydrogen-bond donors (Lipinski definition) is 2. The van der Waals surface area contributed by atoms with Gasteiger partial charge in [-0.2, -0.15) is 0 Å². The van der Waals surface area contributed by atoms with Gasteiger partial charge in [-0.15, -0.1) is 5.10 Å². The minimum Gasteiger partial charge on any atom is -0.391 e. The number of nitrogens with zero attached hydrogens (tertiary/aromatic N) is 4. The molecule has 1 aliphatic heterocycles. The predicted molar refractivity (Wildman–Crippen MR) is 96.4 cm³/mol. The van der Waals surface area contributed by atoms with Gasteiger partial charge in [-0.05, 0) is 24.5 Å². The molecule has 28 heavy (non-hydrogen) atoms. The first-order chi connectivity index (χ1) is 13.4. The van der Waals surface area contributed by atoms with Crippen molar-refractivity contribution in [2.24, 2.45) is 0 Å². The smallest absolute Gasteiger partial charge is 0.242 e. The lowest BCUT2D eigenvalue weighted by Gasteiger charge is -2.15. The summed E-state index contributed by atoms with van der Waals surface area (Å²) >= 11 is 0. The first-order valence-corrected chi connectivity index (χ1v) is 8.73. The molecule has 1 atom stereocenters. The van der Waals surface area contributed by atoms with E-state index < -0.39 is 12.2 Å². The third-order valence-electron chi connectivity index (χ3n) is 4.10. The maximum atomic E-state index is 13.8. The molecule has 7 nitrogen and oxygen atoms in total. The van der Waals surface area contributed by atoms with Crippen LogP contribution in [0, 0.1) is 5.82 Å². The van der Waals surface area contributed by atoms with E-state index in [0.29, 0.717) is 23.6 Å². The molecule has 10 heteroatoms. The normalized spacial score (nSPS) is 16.8. The SMILES string of the molecule is Nc1ncc2c(F)cc(-c3ccc(CC(F)F)cn3)n2n1.OC1CCCOC1. The molecular weight excluding hydrogens is 375 g/mol. The first-order valence-electron chi connectivity index (χ1n) is 8.73. The number of halogens is 3. The quantitative estimate of drug-likeness (QED) is 0.707. The number of hydrogen-bond acceptors (Lipinski definition) is 6. The van der Waals surface area contributed by atoms with Crippen LogP contribution < -0.4 is 5.73 Å². The van der Waals surface area contributed by atoms with Crippen LogP contribution in [0.4, 0.5) is 19.1 Å². The van der Waals surface area contributed by atoms with Gasteiger partial charge in [-0.3, -0.25) is 4.98 Å². The van der Waals surface area contributed by atoms with Gasteiger partial charge in [-0.1, -0.05) is 6.07 Å². The highest BCUT2D eigenvalue weighted by Gasteiger charge is 2.14. The zero-order valence-corrected chi connectivity index (χ0v) is 14.9. The van der Waals surface area contributed by atoms with Crippen molar-refractivity contribution in [2.75, 3.05) is 18.9 Å². The van der Waals surface area contributed by atoms with Crippen LogP contribution in [0.5, 0.6) is 0 Å². The largest absolute Gasteiger partial charge is 0.391 e. The Morgan fingerprint density at radius 1 is 1.29 bits per heavy atom. The average Bonchev–Trinajstić information content (AvgIpc) is 2.99. The molecular formula is C18H20F3N5O2. The summed E-state index contributed by atoms with van der Waals surface area (Å²) in [6.07, 6.45) is 1.55. The molecule has 0 spiro atoms. The Morgan fingerprint density at radius 2 is 2.11 bits per heavy atom. The minimum absolute atomic E-state index is 0.00586. The lowest BCUT2D eigenvalue weighted by atomic mass is 10.2. The fourth-order valence-electron chi connectivity index (χ4n) is 2.75. The van der Waals surface area contributed by atoms with Crippen LogP contribution in [-0.2, 0) is 11.2 Å². The third-order valence-corrected chi connectivity index (χ3v) is 4.10. The molecule has 3 aromatic rings. The number of nitrogen functional groups attached to an aromatic ring is 1. The molecule has 0 aliphatic carbocycles. The molecule has 4 heterocycles. The van der Waals surface area contributed by atoms with Gasteiger partial charge in [0.15, 0.2) is 5.82 Å². The average molecular weight is 395 g/mol. The third kappa shape index (κ3) is 4.96. The van der Waals surface area contributed by atoms with Crippen LogP contribution in [0.25, 0.3) is 16.9 Å². The monoisotopic (exact) mass is 395 g/mol. The van der Waals surface area contributed by atoms with Crippen molar-refractivity contribution in [1.82, 2.24) is 19.6 Å². The lowest BCUT2D eigenvalue weighted by molar-refractivity contribution is -0.00535. The van der Waals surface area contributed by atoms with Gasteiger partial charge in [0.2, 0.25) is 12.4 Å². The van der Waals surface area contributed by atoms with Crippen molar-refractivity contribution >= 4 is 11.5 Å². The number of pyridine rings is 1. The predicted octanol–water partition coefficient (Wildman–Crippen LogP) is 2.48. The highest BCUT2D eigenvalue weighted by Crippen LogP contribution is 2.23. The maximum absolute atomic E-state index is 13.8. The molecule has 1 saturated heterocycles. The van der Waals surface area contributed by atoms with Gasteiger partial charge in [0, 0.05) is 25.3 Å². The lowest BCUT2D eigenvalue weighted by Crippen LogP contribution is -2.21. The summed E-state index contributed by atoms with van der Waals surface area (Å²) in [4.78, 5) is 7.80. The van der Waals surface area contributed by atoms with Gasteiger partial charge in [0.05, 0.1) is 30.3 Å². The molecule has 0 bridgehead atoms. The Labute approximate surface area is 159 Å². The van der Waals surface area contributed by atoms with Crippen molar-refractivity contribution in [3.8, 4) is 11.4 Å². The van der Waals surface area contributed by atoms with Crippen LogP contribution >= 0.6 is 0 Å². The fourth-order valence-corrected chi connectivity index (χ4v) is 2.75. The number of ether oxygens (including phenoxy) is 1. The van der Waals surface area contributed by atoms with E-state index in [-0.39, 0.29) is 24.0 Å². The van der Waals surface area contributed by atoms with Crippen LogP contribution in [0.2, 0.25) is 0 Å². The van der Waals surface area contributed by atoms with E-state index in [1.807, 2.05) is 0 Å². The standard InChI is InChI=1S/C13H10F3N5.C5H10O2/c14-8-4-10(21-11(8)6-19-13(17)20-21)9-2-1-7(5-18-9)3-12(15)16;6-5-2-1-3-7-4-5/h1-2,4-6,12H,3H2,(H2,17,20);5-6H,1-4H2. The van der Waals surface area contributed by atoms with E-state index in [9.17, 15) is 13.2 Å². The van der Waals surface area contributed by atoms with Gasteiger partial charge in [0.25, 0.3) is 0 Å². The minimum atomic E-state index is -2.43. The summed E-state index contributed by atoms with van der Waals surface area (Å²) in [7, 11) is 0. The zero-order chi connectivity index (χ0) is 20.1. The number of anilines is 1. The van der Waals surface area contributed by atoms with Crippen LogP contribution in [-0.4, -0.2) is 50.4 Å². The van der Waals surface area contributed by atoms with Gasteiger partial charge >= 0.3 is 0 Å². The number of alkyl halides is 2. The van der Waals surface area contributed by atoms with Crippen molar-refractivity contribution in [2.45, 2.75) is 31.8 Å². The van der Waals surface area contributed by atoms with Crippen LogP contribution in [0.15, 0.2) is 30.6 Å². The Hall–Kier alpha value is -2.72. The number of aromatic nitrogens is 4. The van der Waals surface area contributed by atoms with E-state index in [1.54, 1.807) is 0 Å². The Morgan fingerprint density at radius 3 is 2.68 bits per heavy atom. The fraction of sp³-hybridized carbons (Fsp3) is 0.389. The van der Waals surface area contributed by atoms with Crippen molar-refractivity contribution in [3.63, 3.8) is 0 Å². The molecule has 1 fully saturated rings. The van der Waals surface area contributed by atoms with Gasteiger partial charge in [0.1, 0.15) is 5.52 Å². The summed E-state index contributed by atoms with van der Waals surface area (Å²) in [6.45, 7) is 1.37. The number of aliphatic hydroxyl groups excluding tert-OH is 1. The number of nitrogens with two attached hydrogens (primary N) is 1. The summed E-state index contributed by atoms with van der Waals surface area (Å²) in [5.74, 6) is -0.517. The number of rotatable bonds is 3. The molecule has 0 radical (unpaired) electrons. The van der Waals surface area contributed by atoms with E-state index in [2.05, 4.69) is 15.1 Å².